The van der Waals surface area contributed by atoms with Crippen LogP contribution in [-0.2, 0) is 14.3 Å². The Morgan fingerprint density at radius 3 is 1.67 bits per heavy atom. The van der Waals surface area contributed by atoms with Gasteiger partial charge in [-0.05, 0) is 46.5 Å². The molecule has 0 bridgehead atoms. The summed E-state index contributed by atoms with van der Waals surface area (Å²) in [7, 11) is 0. The molecule has 0 unspecified atom stereocenters. The van der Waals surface area contributed by atoms with Gasteiger partial charge >= 0.3 is 5.97 Å². The molecule has 5 heteroatoms. The standard InChI is InChI=1S/C16H32N2O3/c1-10(2)15(8,17)12(19)18-16(9,11(3)4)13(20)21-14(5,6)7/h10-11H,17H2,1-9H3,(H,18,19)/t15-,16-/m0/s1. The van der Waals surface area contributed by atoms with Crippen molar-refractivity contribution in [1.29, 1.82) is 0 Å². The molecule has 21 heavy (non-hydrogen) atoms. The average Bonchev–Trinajstić information content (AvgIpc) is 2.25. The van der Waals surface area contributed by atoms with Crippen molar-refractivity contribution >= 4 is 11.9 Å². The molecule has 124 valence electrons. The number of ether oxygens (including phenoxy) is 1. The molecule has 0 aromatic carbocycles. The molecule has 1 amide bonds. The second-order valence-electron chi connectivity index (χ2n) is 7.75. The number of nitrogens with one attached hydrogen (secondary N) is 1. The minimum Gasteiger partial charge on any atom is -0.458 e. The van der Waals surface area contributed by atoms with Gasteiger partial charge in [0, 0.05) is 0 Å². The van der Waals surface area contributed by atoms with Crippen LogP contribution in [0.3, 0.4) is 0 Å². The number of carbonyl (C=O) groups excluding carboxylic acids is 2. The van der Waals surface area contributed by atoms with Gasteiger partial charge in [0.25, 0.3) is 0 Å². The largest absolute Gasteiger partial charge is 0.458 e. The van der Waals surface area contributed by atoms with Crippen LogP contribution in [0.15, 0.2) is 0 Å². The van der Waals surface area contributed by atoms with Crippen molar-refractivity contribution in [3.05, 3.63) is 0 Å². The first-order chi connectivity index (χ1) is 9.14. The van der Waals surface area contributed by atoms with Crippen LogP contribution >= 0.6 is 0 Å². The zero-order chi connectivity index (χ0) is 17.2. The van der Waals surface area contributed by atoms with E-state index in [0.29, 0.717) is 0 Å². The fourth-order valence-electron chi connectivity index (χ4n) is 1.45. The maximum atomic E-state index is 12.5. The number of hydrogen-bond acceptors (Lipinski definition) is 4. The summed E-state index contributed by atoms with van der Waals surface area (Å²) in [5.41, 5.74) is 3.31. The van der Waals surface area contributed by atoms with Gasteiger partial charge in [-0.3, -0.25) is 4.79 Å². The van der Waals surface area contributed by atoms with E-state index in [1.54, 1.807) is 34.6 Å². The molecule has 0 aliphatic rings. The molecule has 0 radical (unpaired) electrons. The van der Waals surface area contributed by atoms with Crippen LogP contribution in [0.2, 0.25) is 0 Å². The van der Waals surface area contributed by atoms with Gasteiger partial charge in [0.05, 0.1) is 5.54 Å². The van der Waals surface area contributed by atoms with Crippen molar-refractivity contribution in [3.63, 3.8) is 0 Å². The van der Waals surface area contributed by atoms with Crippen molar-refractivity contribution in [2.45, 2.75) is 79.0 Å². The lowest BCUT2D eigenvalue weighted by Gasteiger charge is -2.38. The minimum atomic E-state index is -1.11. The Labute approximate surface area is 129 Å². The van der Waals surface area contributed by atoms with Gasteiger partial charge in [0.2, 0.25) is 5.91 Å². The molecule has 0 aromatic rings. The smallest absolute Gasteiger partial charge is 0.332 e. The molecule has 0 aliphatic carbocycles. The first-order valence-electron chi connectivity index (χ1n) is 7.49. The van der Waals surface area contributed by atoms with E-state index in [2.05, 4.69) is 5.32 Å². The van der Waals surface area contributed by atoms with Crippen LogP contribution < -0.4 is 11.1 Å². The lowest BCUT2D eigenvalue weighted by atomic mass is 9.84. The Morgan fingerprint density at radius 1 is 0.952 bits per heavy atom. The van der Waals surface area contributed by atoms with E-state index in [-0.39, 0.29) is 17.7 Å². The first kappa shape index (κ1) is 19.9. The number of rotatable bonds is 5. The maximum Gasteiger partial charge on any atom is 0.332 e. The molecule has 3 N–H and O–H groups in total. The quantitative estimate of drug-likeness (QED) is 0.763. The number of hydrogen-bond donors (Lipinski definition) is 2. The summed E-state index contributed by atoms with van der Waals surface area (Å²) in [5, 5.41) is 2.80. The topological polar surface area (TPSA) is 81.4 Å². The normalized spacial score (nSPS) is 18.1. The van der Waals surface area contributed by atoms with E-state index in [4.69, 9.17) is 10.5 Å². The predicted molar refractivity (Wildman–Crippen MR) is 84.7 cm³/mol. The summed E-state index contributed by atoms with van der Waals surface area (Å²) < 4.78 is 5.44. The summed E-state index contributed by atoms with van der Waals surface area (Å²) in [6.45, 7) is 16.2. The van der Waals surface area contributed by atoms with Crippen molar-refractivity contribution in [2.24, 2.45) is 17.6 Å². The van der Waals surface area contributed by atoms with Crippen LogP contribution in [-0.4, -0.2) is 28.6 Å². The molecule has 0 aliphatic heterocycles. The fraction of sp³-hybridized carbons (Fsp3) is 0.875. The Bertz CT molecular complexity index is 395. The van der Waals surface area contributed by atoms with Crippen molar-refractivity contribution in [1.82, 2.24) is 5.32 Å². The Balaban J connectivity index is 5.33. The van der Waals surface area contributed by atoms with Crippen molar-refractivity contribution in [2.75, 3.05) is 0 Å². The van der Waals surface area contributed by atoms with Gasteiger partial charge < -0.3 is 15.8 Å². The van der Waals surface area contributed by atoms with Gasteiger partial charge in [0.1, 0.15) is 11.1 Å². The number of nitrogens with two attached hydrogens (primary N) is 1. The summed E-state index contributed by atoms with van der Waals surface area (Å²) in [5.74, 6) is -0.968. The van der Waals surface area contributed by atoms with Gasteiger partial charge in [-0.1, -0.05) is 27.7 Å². The molecule has 0 saturated heterocycles. The maximum absolute atomic E-state index is 12.5. The molecule has 0 fully saturated rings. The highest BCUT2D eigenvalue weighted by molar-refractivity contribution is 5.92. The number of amides is 1. The zero-order valence-electron chi connectivity index (χ0n) is 15.0. The van der Waals surface area contributed by atoms with Crippen LogP contribution in [0.25, 0.3) is 0 Å². The molecular weight excluding hydrogens is 268 g/mol. The first-order valence-corrected chi connectivity index (χ1v) is 7.49. The van der Waals surface area contributed by atoms with Crippen LogP contribution in [0, 0.1) is 11.8 Å². The van der Waals surface area contributed by atoms with Gasteiger partial charge in [-0.25, -0.2) is 4.79 Å². The predicted octanol–water partition coefficient (Wildman–Crippen LogP) is 2.23. The van der Waals surface area contributed by atoms with Gasteiger partial charge in [-0.15, -0.1) is 0 Å². The van der Waals surface area contributed by atoms with Crippen molar-refractivity contribution in [3.8, 4) is 0 Å². The second-order valence-corrected chi connectivity index (χ2v) is 7.75. The van der Waals surface area contributed by atoms with Gasteiger partial charge in [0.15, 0.2) is 0 Å². The van der Waals surface area contributed by atoms with E-state index < -0.39 is 22.6 Å². The highest BCUT2D eigenvalue weighted by atomic mass is 16.6. The third kappa shape index (κ3) is 4.99. The van der Waals surface area contributed by atoms with E-state index in [1.807, 2.05) is 27.7 Å². The van der Waals surface area contributed by atoms with E-state index >= 15 is 0 Å². The summed E-state index contributed by atoms with van der Waals surface area (Å²) >= 11 is 0. The second kappa shape index (κ2) is 6.34. The third-order valence-electron chi connectivity index (χ3n) is 4.04. The molecule has 0 heterocycles. The molecule has 0 rings (SSSR count). The SMILES string of the molecule is CC(C)[C@](C)(N)C(=O)N[C@](C)(C(=O)OC(C)(C)C)C(C)C. The Kier molecular flexibility index (Phi) is 6.01. The Hall–Kier alpha value is -1.10. The summed E-state index contributed by atoms with van der Waals surface area (Å²) in [4.78, 5) is 24.9. The molecule has 0 spiro atoms. The van der Waals surface area contributed by atoms with Crippen LogP contribution in [0.5, 0.6) is 0 Å². The monoisotopic (exact) mass is 300 g/mol. The Morgan fingerprint density at radius 2 is 1.38 bits per heavy atom. The van der Waals surface area contributed by atoms with E-state index in [0.717, 1.165) is 0 Å². The minimum absolute atomic E-state index is 0.0486. The highest BCUT2D eigenvalue weighted by Gasteiger charge is 2.44. The van der Waals surface area contributed by atoms with E-state index in [9.17, 15) is 9.59 Å². The molecule has 2 atom stereocenters. The number of carbonyl (C=O) groups is 2. The van der Waals surface area contributed by atoms with Gasteiger partial charge in [-0.2, -0.15) is 0 Å². The molecular formula is C16H32N2O3. The summed E-state index contributed by atoms with van der Waals surface area (Å²) in [6.07, 6.45) is 0. The zero-order valence-corrected chi connectivity index (χ0v) is 15.0. The highest BCUT2D eigenvalue weighted by Crippen LogP contribution is 2.24. The lowest BCUT2D eigenvalue weighted by Crippen LogP contribution is -2.65. The molecule has 5 nitrogen and oxygen atoms in total. The molecule has 0 saturated carbocycles. The summed E-state index contributed by atoms with van der Waals surface area (Å²) in [6, 6.07) is 0. The third-order valence-corrected chi connectivity index (χ3v) is 4.04. The number of esters is 1. The van der Waals surface area contributed by atoms with Crippen LogP contribution in [0.1, 0.15) is 62.3 Å². The molecule has 0 aromatic heterocycles. The van der Waals surface area contributed by atoms with E-state index in [1.165, 1.54) is 0 Å². The average molecular weight is 300 g/mol. The lowest BCUT2D eigenvalue weighted by molar-refractivity contribution is -0.166. The van der Waals surface area contributed by atoms with Crippen molar-refractivity contribution < 1.29 is 14.3 Å². The van der Waals surface area contributed by atoms with Crippen LogP contribution in [0.4, 0.5) is 0 Å². The fourth-order valence-corrected chi connectivity index (χ4v) is 1.45.